The highest BCUT2D eigenvalue weighted by Gasteiger charge is 2.64. The summed E-state index contributed by atoms with van der Waals surface area (Å²) >= 11 is 0. The zero-order valence-corrected chi connectivity index (χ0v) is 21.3. The largest absolute Gasteiger partial charge is 0.466 e. The highest BCUT2D eigenvalue weighted by atomic mass is 16.6. The van der Waals surface area contributed by atoms with E-state index in [1.165, 1.54) is 11.0 Å². The first-order valence-corrected chi connectivity index (χ1v) is 12.2. The van der Waals surface area contributed by atoms with Gasteiger partial charge in [0, 0.05) is 17.8 Å². The van der Waals surface area contributed by atoms with E-state index in [2.05, 4.69) is 6.58 Å². The van der Waals surface area contributed by atoms with Crippen LogP contribution in [0.2, 0.25) is 0 Å². The van der Waals surface area contributed by atoms with Crippen molar-refractivity contribution in [3.05, 3.63) is 65.3 Å². The standard InChI is InChI=1S/C27H32N2O8/c1-5-9-15-36-25(32)22-23(28)37-19(16-20(30)34-7-3)21(24(31)35-8-4)27(22)17-12-10-11-13-18(17)29(14-6-2)26(27)33/h6,10-13H,2,5,7-9,14-16,28H2,1,3-4H3/t27-/m1/s1. The van der Waals surface area contributed by atoms with E-state index >= 15 is 0 Å². The molecule has 1 aromatic carbocycles. The summed E-state index contributed by atoms with van der Waals surface area (Å²) in [6, 6.07) is 6.70. The van der Waals surface area contributed by atoms with Crippen LogP contribution in [0.15, 0.2) is 59.7 Å². The zero-order chi connectivity index (χ0) is 27.2. The fourth-order valence-electron chi connectivity index (χ4n) is 4.57. The number of carbonyl (C=O) groups is 4. The van der Waals surface area contributed by atoms with Crippen LogP contribution in [0.1, 0.15) is 45.6 Å². The summed E-state index contributed by atoms with van der Waals surface area (Å²) in [5.74, 6) is -3.88. The molecule has 1 aromatic rings. The van der Waals surface area contributed by atoms with E-state index in [4.69, 9.17) is 24.7 Å². The quantitative estimate of drug-likeness (QED) is 0.205. The molecule has 2 N–H and O–H groups in total. The Morgan fingerprint density at radius 2 is 1.73 bits per heavy atom. The summed E-state index contributed by atoms with van der Waals surface area (Å²) in [5.41, 5.74) is 4.30. The molecule has 0 bridgehead atoms. The van der Waals surface area contributed by atoms with Crippen molar-refractivity contribution < 1.29 is 38.1 Å². The molecule has 37 heavy (non-hydrogen) atoms. The lowest BCUT2D eigenvalue weighted by Crippen LogP contribution is -2.51. The van der Waals surface area contributed by atoms with Crippen molar-refractivity contribution in [2.24, 2.45) is 5.73 Å². The van der Waals surface area contributed by atoms with Crippen LogP contribution in [0, 0.1) is 0 Å². The van der Waals surface area contributed by atoms with E-state index in [1.807, 2.05) is 6.92 Å². The van der Waals surface area contributed by atoms with Crippen LogP contribution in [-0.2, 0) is 43.5 Å². The SMILES string of the molecule is C=CCN1C(=O)[C@]2(C(C(=O)OCCCC)=C(N)OC(CC(=O)OCC)=C2C(=O)OCC)c2ccccc21. The molecule has 1 atom stereocenters. The molecule has 0 radical (unpaired) electrons. The molecule has 0 aromatic heterocycles. The molecular weight excluding hydrogens is 480 g/mol. The Labute approximate surface area is 215 Å². The first-order valence-electron chi connectivity index (χ1n) is 12.2. The number of benzene rings is 1. The Bertz CT molecular complexity index is 1170. The maximum atomic E-state index is 14.4. The molecule has 0 saturated carbocycles. The van der Waals surface area contributed by atoms with Crippen LogP contribution in [0.4, 0.5) is 5.69 Å². The minimum atomic E-state index is -2.07. The summed E-state index contributed by atoms with van der Waals surface area (Å²) in [7, 11) is 0. The third-order valence-corrected chi connectivity index (χ3v) is 6.01. The molecule has 0 fully saturated rings. The van der Waals surface area contributed by atoms with Crippen LogP contribution in [-0.4, -0.2) is 50.2 Å². The minimum absolute atomic E-state index is 0.0349. The molecule has 10 heteroatoms. The molecule has 3 rings (SSSR count). The number of para-hydroxylation sites is 1. The zero-order valence-electron chi connectivity index (χ0n) is 21.3. The number of nitrogens with zero attached hydrogens (tertiary/aromatic N) is 1. The highest BCUT2D eigenvalue weighted by molar-refractivity contribution is 6.22. The number of hydrogen-bond donors (Lipinski definition) is 1. The number of hydrogen-bond acceptors (Lipinski definition) is 9. The Hall–Kier alpha value is -4.08. The molecule has 0 unspecified atom stereocenters. The van der Waals surface area contributed by atoms with Crippen LogP contribution >= 0.6 is 0 Å². The molecule has 0 aliphatic carbocycles. The van der Waals surface area contributed by atoms with Gasteiger partial charge < -0.3 is 29.6 Å². The molecule has 1 amide bonds. The van der Waals surface area contributed by atoms with Gasteiger partial charge in [0.2, 0.25) is 11.8 Å². The lowest BCUT2D eigenvalue weighted by atomic mass is 9.67. The second kappa shape index (κ2) is 11.8. The molecule has 10 nitrogen and oxygen atoms in total. The number of nitrogens with two attached hydrogens (primary N) is 1. The summed E-state index contributed by atoms with van der Waals surface area (Å²) < 4.78 is 21.6. The first-order chi connectivity index (χ1) is 17.8. The number of unbranched alkanes of at least 4 members (excludes halogenated alkanes) is 1. The van der Waals surface area contributed by atoms with Crippen molar-refractivity contribution in [2.75, 3.05) is 31.3 Å². The van der Waals surface area contributed by atoms with Crippen molar-refractivity contribution in [2.45, 2.75) is 45.4 Å². The van der Waals surface area contributed by atoms with E-state index < -0.39 is 41.5 Å². The third kappa shape index (κ3) is 4.83. The number of amides is 1. The molecule has 2 aliphatic heterocycles. The Morgan fingerprint density at radius 1 is 1.05 bits per heavy atom. The maximum absolute atomic E-state index is 14.4. The van der Waals surface area contributed by atoms with E-state index in [9.17, 15) is 19.2 Å². The fourth-order valence-corrected chi connectivity index (χ4v) is 4.57. The number of rotatable bonds is 11. The molecular formula is C27H32N2O8. The normalized spacial score (nSPS) is 18.5. The number of ether oxygens (including phenoxy) is 4. The van der Waals surface area contributed by atoms with E-state index in [1.54, 1.807) is 38.1 Å². The second-order valence-corrected chi connectivity index (χ2v) is 8.30. The monoisotopic (exact) mass is 512 g/mol. The molecule has 2 heterocycles. The van der Waals surface area contributed by atoms with Crippen LogP contribution in [0.5, 0.6) is 0 Å². The van der Waals surface area contributed by atoms with Crippen LogP contribution in [0.3, 0.4) is 0 Å². The van der Waals surface area contributed by atoms with Gasteiger partial charge in [0.05, 0.1) is 19.8 Å². The van der Waals surface area contributed by atoms with Gasteiger partial charge in [-0.15, -0.1) is 6.58 Å². The highest BCUT2D eigenvalue weighted by Crippen LogP contribution is 2.55. The summed E-state index contributed by atoms with van der Waals surface area (Å²) in [5, 5.41) is 0. The molecule has 0 saturated heterocycles. The van der Waals surface area contributed by atoms with Gasteiger partial charge in [0.25, 0.3) is 0 Å². The Kier molecular flexibility index (Phi) is 8.75. The van der Waals surface area contributed by atoms with Crippen molar-refractivity contribution in [3.8, 4) is 0 Å². The van der Waals surface area contributed by atoms with Crippen molar-refractivity contribution in [1.29, 1.82) is 0 Å². The fraction of sp³-hybridized carbons (Fsp3) is 0.407. The Balaban J connectivity index is 2.38. The average Bonchev–Trinajstić information content (AvgIpc) is 3.08. The van der Waals surface area contributed by atoms with E-state index in [-0.39, 0.29) is 43.3 Å². The van der Waals surface area contributed by atoms with Gasteiger partial charge in [0.1, 0.15) is 28.7 Å². The summed E-state index contributed by atoms with van der Waals surface area (Å²) in [4.78, 5) is 55.3. The molecule has 198 valence electrons. The van der Waals surface area contributed by atoms with Gasteiger partial charge in [-0.25, -0.2) is 9.59 Å². The van der Waals surface area contributed by atoms with E-state index in [0.717, 1.165) is 6.42 Å². The van der Waals surface area contributed by atoms with Gasteiger partial charge in [-0.2, -0.15) is 0 Å². The predicted octanol–water partition coefficient (Wildman–Crippen LogP) is 2.77. The van der Waals surface area contributed by atoms with E-state index in [0.29, 0.717) is 17.7 Å². The maximum Gasteiger partial charge on any atom is 0.341 e. The van der Waals surface area contributed by atoms with Crippen LogP contribution < -0.4 is 10.6 Å². The van der Waals surface area contributed by atoms with Gasteiger partial charge in [-0.3, -0.25) is 9.59 Å². The van der Waals surface area contributed by atoms with Gasteiger partial charge >= 0.3 is 17.9 Å². The summed E-state index contributed by atoms with van der Waals surface area (Å²) in [6.07, 6.45) is 2.34. The first kappa shape index (κ1) is 27.5. The van der Waals surface area contributed by atoms with Crippen molar-refractivity contribution in [1.82, 2.24) is 0 Å². The topological polar surface area (TPSA) is 134 Å². The minimum Gasteiger partial charge on any atom is -0.466 e. The third-order valence-electron chi connectivity index (χ3n) is 6.01. The number of carbonyl (C=O) groups excluding carboxylic acids is 4. The van der Waals surface area contributed by atoms with Gasteiger partial charge in [-0.1, -0.05) is 37.6 Å². The van der Waals surface area contributed by atoms with Crippen molar-refractivity contribution >= 4 is 29.5 Å². The lowest BCUT2D eigenvalue weighted by Gasteiger charge is -2.36. The van der Waals surface area contributed by atoms with Crippen LogP contribution in [0.25, 0.3) is 0 Å². The predicted molar refractivity (Wildman–Crippen MR) is 134 cm³/mol. The molecule has 2 aliphatic rings. The second-order valence-electron chi connectivity index (χ2n) is 8.30. The number of fused-ring (bicyclic) bond motifs is 2. The summed E-state index contributed by atoms with van der Waals surface area (Å²) in [6.45, 7) is 9.09. The van der Waals surface area contributed by atoms with Gasteiger partial charge in [0.15, 0.2) is 0 Å². The smallest absolute Gasteiger partial charge is 0.341 e. The average molecular weight is 513 g/mol. The van der Waals surface area contributed by atoms with Gasteiger partial charge in [-0.05, 0) is 26.3 Å². The lowest BCUT2D eigenvalue weighted by molar-refractivity contribution is -0.144. The number of anilines is 1. The van der Waals surface area contributed by atoms with Crippen molar-refractivity contribution in [3.63, 3.8) is 0 Å². The Morgan fingerprint density at radius 3 is 2.38 bits per heavy atom. The molecule has 1 spiro atoms. The number of esters is 3.